The third-order valence-corrected chi connectivity index (χ3v) is 3.60. The van der Waals surface area contributed by atoms with Gasteiger partial charge in [0.15, 0.2) is 0 Å². The van der Waals surface area contributed by atoms with E-state index in [1.54, 1.807) is 11.0 Å². The maximum atomic E-state index is 12.6. The Morgan fingerprint density at radius 1 is 1.38 bits per heavy atom. The number of likely N-dealkylation sites (tertiary alicyclic amines) is 1. The van der Waals surface area contributed by atoms with E-state index in [0.29, 0.717) is 18.0 Å². The van der Waals surface area contributed by atoms with Gasteiger partial charge in [0.05, 0.1) is 5.56 Å². The van der Waals surface area contributed by atoms with Crippen LogP contribution in [0.2, 0.25) is 0 Å². The molecule has 0 N–H and O–H groups in total. The number of benzene rings is 1. The Labute approximate surface area is 122 Å². The van der Waals surface area contributed by atoms with Crippen molar-refractivity contribution in [3.63, 3.8) is 0 Å². The van der Waals surface area contributed by atoms with E-state index < -0.39 is 11.7 Å². The summed E-state index contributed by atoms with van der Waals surface area (Å²) in [6, 6.07) is 4.96. The Hall–Kier alpha value is -1.78. The average molecular weight is 297 g/mol. The van der Waals surface area contributed by atoms with E-state index in [1.807, 2.05) is 0 Å². The van der Waals surface area contributed by atoms with E-state index in [1.165, 1.54) is 18.2 Å². The number of alkyl halides is 3. The van der Waals surface area contributed by atoms with E-state index >= 15 is 0 Å². The molecule has 1 aromatic rings. The molecule has 1 unspecified atom stereocenters. The minimum Gasteiger partial charge on any atom is -0.339 e. The van der Waals surface area contributed by atoms with Crippen LogP contribution in [0.4, 0.5) is 13.2 Å². The van der Waals surface area contributed by atoms with Crippen LogP contribution in [0.5, 0.6) is 0 Å². The predicted molar refractivity (Wildman–Crippen MR) is 75.5 cm³/mol. The number of hydrogen-bond donors (Lipinski definition) is 0. The third-order valence-electron chi connectivity index (χ3n) is 3.60. The van der Waals surface area contributed by atoms with Crippen LogP contribution in [0.15, 0.2) is 30.3 Å². The lowest BCUT2D eigenvalue weighted by Crippen LogP contribution is -2.38. The first-order chi connectivity index (χ1) is 9.86. The van der Waals surface area contributed by atoms with Crippen LogP contribution in [0.25, 0.3) is 6.08 Å². The number of carbonyl (C=O) groups excluding carboxylic acids is 1. The van der Waals surface area contributed by atoms with Gasteiger partial charge in [-0.05, 0) is 42.5 Å². The molecule has 0 bridgehead atoms. The van der Waals surface area contributed by atoms with Gasteiger partial charge < -0.3 is 4.90 Å². The molecule has 1 atom stereocenters. The lowest BCUT2D eigenvalue weighted by atomic mass is 10.0. The summed E-state index contributed by atoms with van der Waals surface area (Å²) >= 11 is 0. The molecule has 1 fully saturated rings. The molecule has 0 aromatic heterocycles. The number of hydrogen-bond acceptors (Lipinski definition) is 1. The van der Waals surface area contributed by atoms with Gasteiger partial charge in [0.25, 0.3) is 0 Å². The smallest absolute Gasteiger partial charge is 0.339 e. The predicted octanol–water partition coefficient (Wildman–Crippen LogP) is 3.98. The molecule has 0 aliphatic carbocycles. The zero-order chi connectivity index (χ0) is 15.5. The molecule has 1 saturated heterocycles. The largest absolute Gasteiger partial charge is 0.416 e. The van der Waals surface area contributed by atoms with Gasteiger partial charge in [-0.3, -0.25) is 4.79 Å². The van der Waals surface area contributed by atoms with Gasteiger partial charge in [-0.1, -0.05) is 19.1 Å². The van der Waals surface area contributed by atoms with Gasteiger partial charge in [0, 0.05) is 19.2 Å². The fraction of sp³-hybridized carbons (Fsp3) is 0.438. The molecule has 114 valence electrons. The minimum absolute atomic E-state index is 0.140. The number of carbonyl (C=O) groups is 1. The number of nitrogens with zero attached hydrogens (tertiary/aromatic N) is 1. The van der Waals surface area contributed by atoms with Crippen molar-refractivity contribution >= 4 is 12.0 Å². The molecule has 21 heavy (non-hydrogen) atoms. The monoisotopic (exact) mass is 297 g/mol. The van der Waals surface area contributed by atoms with Crippen molar-refractivity contribution in [3.8, 4) is 0 Å². The highest BCUT2D eigenvalue weighted by atomic mass is 19.4. The number of amides is 1. The Kier molecular flexibility index (Phi) is 4.70. The lowest BCUT2D eigenvalue weighted by molar-refractivity contribution is -0.137. The number of piperidine rings is 1. The summed E-state index contributed by atoms with van der Waals surface area (Å²) in [5.41, 5.74) is -0.327. The summed E-state index contributed by atoms with van der Waals surface area (Å²) in [5, 5.41) is 0. The van der Waals surface area contributed by atoms with Crippen molar-refractivity contribution < 1.29 is 18.0 Å². The standard InChI is InChI=1S/C16H18F3NO/c1-12-4-3-9-20(11-12)15(21)8-7-13-5-2-6-14(10-13)16(17,18)19/h2,5-8,10,12H,3-4,9,11H2,1H3/b8-7+. The van der Waals surface area contributed by atoms with E-state index in [4.69, 9.17) is 0 Å². The Morgan fingerprint density at radius 2 is 2.14 bits per heavy atom. The van der Waals surface area contributed by atoms with Crippen LogP contribution in [0, 0.1) is 5.92 Å². The van der Waals surface area contributed by atoms with Crippen molar-refractivity contribution in [1.82, 2.24) is 4.90 Å². The molecule has 2 nitrogen and oxygen atoms in total. The van der Waals surface area contributed by atoms with E-state index in [2.05, 4.69) is 6.92 Å². The third kappa shape index (κ3) is 4.34. The lowest BCUT2D eigenvalue weighted by Gasteiger charge is -2.30. The molecule has 2 rings (SSSR count). The summed E-state index contributed by atoms with van der Waals surface area (Å²) in [6.07, 6.45) is 0.520. The fourth-order valence-electron chi connectivity index (χ4n) is 2.48. The summed E-state index contributed by atoms with van der Waals surface area (Å²) < 4.78 is 37.8. The highest BCUT2D eigenvalue weighted by Gasteiger charge is 2.30. The molecule has 0 radical (unpaired) electrons. The molecule has 0 spiro atoms. The molecule has 0 saturated carbocycles. The summed E-state index contributed by atoms with van der Waals surface area (Å²) in [7, 11) is 0. The van der Waals surface area contributed by atoms with Gasteiger partial charge in [-0.15, -0.1) is 0 Å². The highest BCUT2D eigenvalue weighted by molar-refractivity contribution is 5.91. The van der Waals surface area contributed by atoms with Crippen LogP contribution in [-0.2, 0) is 11.0 Å². The first-order valence-corrected chi connectivity index (χ1v) is 7.00. The van der Waals surface area contributed by atoms with Crippen LogP contribution in [0.1, 0.15) is 30.9 Å². The second-order valence-electron chi connectivity index (χ2n) is 5.49. The molecule has 1 aliphatic heterocycles. The number of rotatable bonds is 2. The summed E-state index contributed by atoms with van der Waals surface area (Å²) in [5.74, 6) is 0.337. The second kappa shape index (κ2) is 6.33. The molecular weight excluding hydrogens is 279 g/mol. The van der Waals surface area contributed by atoms with Crippen LogP contribution in [-0.4, -0.2) is 23.9 Å². The van der Waals surface area contributed by atoms with E-state index in [9.17, 15) is 18.0 Å². The summed E-state index contributed by atoms with van der Waals surface area (Å²) in [6.45, 7) is 3.53. The molecule has 1 heterocycles. The zero-order valence-electron chi connectivity index (χ0n) is 11.9. The minimum atomic E-state index is -4.36. The Balaban J connectivity index is 2.05. The quantitative estimate of drug-likeness (QED) is 0.756. The van der Waals surface area contributed by atoms with Crippen molar-refractivity contribution in [2.24, 2.45) is 5.92 Å². The van der Waals surface area contributed by atoms with E-state index in [0.717, 1.165) is 31.5 Å². The van der Waals surface area contributed by atoms with Gasteiger partial charge in [0.2, 0.25) is 5.91 Å². The number of halogens is 3. The molecule has 5 heteroatoms. The highest BCUT2D eigenvalue weighted by Crippen LogP contribution is 2.29. The van der Waals surface area contributed by atoms with Crippen molar-refractivity contribution in [1.29, 1.82) is 0 Å². The Bertz CT molecular complexity index is 537. The topological polar surface area (TPSA) is 20.3 Å². The van der Waals surface area contributed by atoms with Crippen LogP contribution >= 0.6 is 0 Å². The molecular formula is C16H18F3NO. The van der Waals surface area contributed by atoms with Crippen molar-refractivity contribution in [2.45, 2.75) is 25.9 Å². The molecule has 1 aliphatic rings. The SMILES string of the molecule is CC1CCCN(C(=O)/C=C/c2cccc(C(F)(F)F)c2)C1. The second-order valence-corrected chi connectivity index (χ2v) is 5.49. The van der Waals surface area contributed by atoms with Crippen molar-refractivity contribution in [3.05, 3.63) is 41.5 Å². The first kappa shape index (κ1) is 15.6. The maximum absolute atomic E-state index is 12.6. The zero-order valence-corrected chi connectivity index (χ0v) is 11.9. The first-order valence-electron chi connectivity index (χ1n) is 7.00. The van der Waals surface area contributed by atoms with Gasteiger partial charge >= 0.3 is 6.18 Å². The normalized spacial score (nSPS) is 20.0. The summed E-state index contributed by atoms with van der Waals surface area (Å²) in [4.78, 5) is 13.8. The van der Waals surface area contributed by atoms with Gasteiger partial charge in [-0.2, -0.15) is 13.2 Å². The fourth-order valence-corrected chi connectivity index (χ4v) is 2.48. The van der Waals surface area contributed by atoms with Crippen LogP contribution < -0.4 is 0 Å². The molecule has 1 amide bonds. The van der Waals surface area contributed by atoms with E-state index in [-0.39, 0.29) is 5.91 Å². The maximum Gasteiger partial charge on any atom is 0.416 e. The van der Waals surface area contributed by atoms with Crippen molar-refractivity contribution in [2.75, 3.05) is 13.1 Å². The molecule has 1 aromatic carbocycles. The van der Waals surface area contributed by atoms with Crippen LogP contribution in [0.3, 0.4) is 0 Å². The van der Waals surface area contributed by atoms with Gasteiger partial charge in [0.1, 0.15) is 0 Å². The average Bonchev–Trinajstić information content (AvgIpc) is 2.44. The van der Waals surface area contributed by atoms with Gasteiger partial charge in [-0.25, -0.2) is 0 Å². The Morgan fingerprint density at radius 3 is 2.81 bits per heavy atom.